The molecule has 1 aliphatic heterocycles. The lowest BCUT2D eigenvalue weighted by atomic mass is 10.0. The molecule has 1 fully saturated rings. The Labute approximate surface area is 123 Å². The van der Waals surface area contributed by atoms with Crippen molar-refractivity contribution in [3.63, 3.8) is 0 Å². The number of nitrogens with zero attached hydrogens (tertiary/aromatic N) is 4. The molecule has 0 saturated carbocycles. The van der Waals surface area contributed by atoms with Gasteiger partial charge in [0, 0.05) is 12.7 Å². The highest BCUT2D eigenvalue weighted by Crippen LogP contribution is 2.20. The summed E-state index contributed by atoms with van der Waals surface area (Å²) in [6, 6.07) is 3.80. The summed E-state index contributed by atoms with van der Waals surface area (Å²) in [7, 11) is 0. The summed E-state index contributed by atoms with van der Waals surface area (Å²) in [4.78, 5) is 14.8. The number of morpholine rings is 1. The molecule has 112 valence electrons. The molecule has 1 unspecified atom stereocenters. The first-order chi connectivity index (χ1) is 10.2. The zero-order chi connectivity index (χ0) is 14.8. The minimum absolute atomic E-state index is 0.0163. The fourth-order valence-corrected chi connectivity index (χ4v) is 2.83. The number of fused-ring (bicyclic) bond motifs is 1. The maximum Gasteiger partial charge on any atom is 0.258 e. The highest BCUT2D eigenvalue weighted by molar-refractivity contribution is 5.99. The van der Waals surface area contributed by atoms with Gasteiger partial charge in [-0.05, 0) is 24.5 Å². The molecule has 21 heavy (non-hydrogen) atoms. The molecular formula is C15H20N4O2. The second kappa shape index (κ2) is 5.81. The Morgan fingerprint density at radius 1 is 1.52 bits per heavy atom. The van der Waals surface area contributed by atoms with Crippen LogP contribution in [0, 0.1) is 5.92 Å². The van der Waals surface area contributed by atoms with Crippen LogP contribution in [0.2, 0.25) is 0 Å². The lowest BCUT2D eigenvalue weighted by Gasteiger charge is -2.36. The second-order valence-corrected chi connectivity index (χ2v) is 5.84. The summed E-state index contributed by atoms with van der Waals surface area (Å²) in [5.74, 6) is 0.540. The second-order valence-electron chi connectivity index (χ2n) is 5.84. The predicted molar refractivity (Wildman–Crippen MR) is 78.1 cm³/mol. The maximum atomic E-state index is 12.9. The monoisotopic (exact) mass is 288 g/mol. The average Bonchev–Trinajstić information content (AvgIpc) is 2.95. The van der Waals surface area contributed by atoms with Crippen LogP contribution in [-0.2, 0) is 4.74 Å². The molecule has 0 radical (unpaired) electrons. The van der Waals surface area contributed by atoms with Gasteiger partial charge in [0.15, 0.2) is 5.65 Å². The van der Waals surface area contributed by atoms with E-state index in [1.54, 1.807) is 10.7 Å². The Morgan fingerprint density at radius 2 is 2.38 bits per heavy atom. The fraction of sp³-hybridized carbons (Fsp3) is 0.533. The van der Waals surface area contributed by atoms with Crippen molar-refractivity contribution in [1.82, 2.24) is 19.5 Å². The van der Waals surface area contributed by atoms with Crippen molar-refractivity contribution in [1.29, 1.82) is 0 Å². The lowest BCUT2D eigenvalue weighted by Crippen LogP contribution is -2.49. The highest BCUT2D eigenvalue weighted by atomic mass is 16.5. The third kappa shape index (κ3) is 2.76. The van der Waals surface area contributed by atoms with Crippen LogP contribution in [0.1, 0.15) is 30.6 Å². The van der Waals surface area contributed by atoms with E-state index in [9.17, 15) is 4.79 Å². The van der Waals surface area contributed by atoms with Crippen molar-refractivity contribution in [2.45, 2.75) is 26.3 Å². The fourth-order valence-electron chi connectivity index (χ4n) is 2.83. The molecule has 1 saturated heterocycles. The predicted octanol–water partition coefficient (Wildman–Crippen LogP) is 1.62. The molecule has 2 aromatic heterocycles. The molecule has 6 nitrogen and oxygen atoms in total. The molecule has 0 aromatic carbocycles. The lowest BCUT2D eigenvalue weighted by molar-refractivity contribution is -0.00739. The Bertz CT molecular complexity index is 637. The van der Waals surface area contributed by atoms with Crippen molar-refractivity contribution in [2.75, 3.05) is 19.8 Å². The van der Waals surface area contributed by atoms with Crippen LogP contribution in [0.3, 0.4) is 0 Å². The summed E-state index contributed by atoms with van der Waals surface area (Å²) >= 11 is 0. The first kappa shape index (κ1) is 14.0. The van der Waals surface area contributed by atoms with E-state index in [1.807, 2.05) is 23.2 Å². The first-order valence-corrected chi connectivity index (χ1v) is 7.34. The van der Waals surface area contributed by atoms with Gasteiger partial charge in [-0.3, -0.25) is 9.20 Å². The summed E-state index contributed by atoms with van der Waals surface area (Å²) in [5, 5.41) is 7.93. The third-order valence-electron chi connectivity index (χ3n) is 3.79. The summed E-state index contributed by atoms with van der Waals surface area (Å²) in [6.45, 7) is 6.16. The van der Waals surface area contributed by atoms with E-state index in [1.165, 1.54) is 0 Å². The summed E-state index contributed by atoms with van der Waals surface area (Å²) in [5.41, 5.74) is 1.21. The molecule has 0 bridgehead atoms. The van der Waals surface area contributed by atoms with E-state index in [-0.39, 0.29) is 11.9 Å². The number of carbonyl (C=O) groups excluding carboxylic acids is 1. The molecule has 0 aliphatic carbocycles. The van der Waals surface area contributed by atoms with Crippen LogP contribution in [-0.4, -0.2) is 51.2 Å². The number of ether oxygens (including phenoxy) is 1. The molecule has 2 aromatic rings. The minimum Gasteiger partial charge on any atom is -0.377 e. The normalized spacial score (nSPS) is 19.4. The van der Waals surface area contributed by atoms with Crippen LogP contribution in [0.4, 0.5) is 0 Å². The van der Waals surface area contributed by atoms with Gasteiger partial charge < -0.3 is 9.64 Å². The van der Waals surface area contributed by atoms with Crippen molar-refractivity contribution in [3.05, 3.63) is 30.2 Å². The van der Waals surface area contributed by atoms with Crippen LogP contribution >= 0.6 is 0 Å². The van der Waals surface area contributed by atoms with E-state index in [0.717, 1.165) is 6.42 Å². The first-order valence-electron chi connectivity index (χ1n) is 7.34. The minimum atomic E-state index is 0.0163. The van der Waals surface area contributed by atoms with Gasteiger partial charge in [-0.25, -0.2) is 0 Å². The maximum absolute atomic E-state index is 12.9. The highest BCUT2D eigenvalue weighted by Gasteiger charge is 2.29. The summed E-state index contributed by atoms with van der Waals surface area (Å²) in [6.07, 6.45) is 4.40. The number of aromatic nitrogens is 3. The standard InChI is InChI=1S/C15H20N4O2/c1-11(2)8-12-9-21-7-6-19(12)15(20)13-4-3-5-18-10-16-17-14(13)18/h3-5,10-12H,6-9H2,1-2H3. The topological polar surface area (TPSA) is 59.7 Å². The number of amides is 1. The Hall–Kier alpha value is -1.95. The van der Waals surface area contributed by atoms with E-state index in [0.29, 0.717) is 36.9 Å². The SMILES string of the molecule is CC(C)CC1COCCN1C(=O)c1cccn2cnnc12. The quantitative estimate of drug-likeness (QED) is 0.861. The van der Waals surface area contributed by atoms with Crippen LogP contribution in [0.15, 0.2) is 24.7 Å². The Balaban J connectivity index is 1.90. The average molecular weight is 288 g/mol. The zero-order valence-corrected chi connectivity index (χ0v) is 12.4. The van der Waals surface area contributed by atoms with E-state index < -0.39 is 0 Å². The summed E-state index contributed by atoms with van der Waals surface area (Å²) < 4.78 is 7.31. The van der Waals surface area contributed by atoms with E-state index in [2.05, 4.69) is 24.0 Å². The van der Waals surface area contributed by atoms with Crippen LogP contribution in [0.5, 0.6) is 0 Å². The van der Waals surface area contributed by atoms with E-state index >= 15 is 0 Å². The molecule has 6 heteroatoms. The number of rotatable bonds is 3. The van der Waals surface area contributed by atoms with Gasteiger partial charge in [-0.2, -0.15) is 0 Å². The van der Waals surface area contributed by atoms with Crippen molar-refractivity contribution < 1.29 is 9.53 Å². The molecule has 1 atom stereocenters. The van der Waals surface area contributed by atoms with Crippen molar-refractivity contribution >= 4 is 11.6 Å². The molecule has 1 amide bonds. The number of hydrogen-bond acceptors (Lipinski definition) is 4. The van der Waals surface area contributed by atoms with E-state index in [4.69, 9.17) is 4.74 Å². The Morgan fingerprint density at radius 3 is 3.19 bits per heavy atom. The van der Waals surface area contributed by atoms with Gasteiger partial charge in [-0.1, -0.05) is 13.8 Å². The molecule has 0 spiro atoms. The Kier molecular flexibility index (Phi) is 3.88. The van der Waals surface area contributed by atoms with Gasteiger partial charge in [0.25, 0.3) is 5.91 Å². The molecule has 0 N–H and O–H groups in total. The van der Waals surface area contributed by atoms with Crippen LogP contribution in [0.25, 0.3) is 5.65 Å². The van der Waals surface area contributed by atoms with Gasteiger partial charge in [0.2, 0.25) is 0 Å². The molecule has 3 rings (SSSR count). The van der Waals surface area contributed by atoms with Crippen molar-refractivity contribution in [3.8, 4) is 0 Å². The number of pyridine rings is 1. The van der Waals surface area contributed by atoms with Gasteiger partial charge >= 0.3 is 0 Å². The zero-order valence-electron chi connectivity index (χ0n) is 12.4. The number of hydrogen-bond donors (Lipinski definition) is 0. The van der Waals surface area contributed by atoms with Crippen molar-refractivity contribution in [2.24, 2.45) is 5.92 Å². The van der Waals surface area contributed by atoms with Gasteiger partial charge in [0.1, 0.15) is 6.33 Å². The van der Waals surface area contributed by atoms with Gasteiger partial charge in [-0.15, -0.1) is 10.2 Å². The molecular weight excluding hydrogens is 268 g/mol. The number of carbonyl (C=O) groups is 1. The molecule has 1 aliphatic rings. The van der Waals surface area contributed by atoms with Crippen LogP contribution < -0.4 is 0 Å². The third-order valence-corrected chi connectivity index (χ3v) is 3.79. The van der Waals surface area contributed by atoms with Gasteiger partial charge in [0.05, 0.1) is 24.8 Å². The smallest absolute Gasteiger partial charge is 0.258 e. The largest absolute Gasteiger partial charge is 0.377 e. The molecule has 3 heterocycles.